The van der Waals surface area contributed by atoms with Crippen LogP contribution in [0.1, 0.15) is 54.4 Å². The smallest absolute Gasteiger partial charge is 0.0787 e. The molecule has 2 atom stereocenters. The third-order valence-corrected chi connectivity index (χ3v) is 3.73. The van der Waals surface area contributed by atoms with Crippen LogP contribution >= 0.6 is 0 Å². The van der Waals surface area contributed by atoms with Gasteiger partial charge in [0.05, 0.1) is 11.2 Å². The molecular weight excluding hydrogens is 214 g/mol. The minimum absolute atomic E-state index is 0.0537. The van der Waals surface area contributed by atoms with Crippen molar-refractivity contribution in [2.75, 3.05) is 6.61 Å². The molecule has 0 amide bonds. The number of hydrogen-bond acceptors (Lipinski definition) is 3. The van der Waals surface area contributed by atoms with Gasteiger partial charge in [-0.3, -0.25) is 0 Å². The van der Waals surface area contributed by atoms with Crippen LogP contribution in [0.4, 0.5) is 0 Å². The van der Waals surface area contributed by atoms with E-state index in [1.807, 2.05) is 0 Å². The van der Waals surface area contributed by atoms with Crippen molar-refractivity contribution in [3.05, 3.63) is 0 Å². The summed E-state index contributed by atoms with van der Waals surface area (Å²) in [4.78, 5) is 0. The van der Waals surface area contributed by atoms with Crippen molar-refractivity contribution < 1.29 is 9.84 Å². The van der Waals surface area contributed by atoms with E-state index in [1.165, 1.54) is 0 Å². The summed E-state index contributed by atoms with van der Waals surface area (Å²) >= 11 is 0. The SMILES string of the molecule is CC(C)C(CCO)NC1CC(C)(C)OC1(C)C. The Labute approximate surface area is 106 Å². The second-order valence-corrected chi connectivity index (χ2v) is 6.75. The second-order valence-electron chi connectivity index (χ2n) is 6.75. The molecule has 0 saturated carbocycles. The standard InChI is InChI=1S/C14H29NO2/c1-10(2)11(7-8-16)15-12-9-13(3,4)17-14(12,5)6/h10-12,15-16H,7-9H2,1-6H3. The van der Waals surface area contributed by atoms with Crippen molar-refractivity contribution >= 4 is 0 Å². The van der Waals surface area contributed by atoms with Crippen LogP contribution in [0.3, 0.4) is 0 Å². The molecule has 1 saturated heterocycles. The molecule has 1 fully saturated rings. The molecule has 1 aliphatic heterocycles. The molecule has 102 valence electrons. The quantitative estimate of drug-likeness (QED) is 0.778. The molecule has 3 nitrogen and oxygen atoms in total. The normalized spacial score (nSPS) is 28.6. The number of ether oxygens (including phenoxy) is 1. The van der Waals surface area contributed by atoms with Crippen molar-refractivity contribution in [3.63, 3.8) is 0 Å². The highest BCUT2D eigenvalue weighted by atomic mass is 16.5. The molecule has 0 aromatic carbocycles. The van der Waals surface area contributed by atoms with Gasteiger partial charge in [-0.25, -0.2) is 0 Å². The van der Waals surface area contributed by atoms with Crippen molar-refractivity contribution in [1.82, 2.24) is 5.32 Å². The second kappa shape index (κ2) is 5.25. The number of rotatable bonds is 5. The van der Waals surface area contributed by atoms with Gasteiger partial charge in [0.15, 0.2) is 0 Å². The van der Waals surface area contributed by atoms with Gasteiger partial charge in [-0.2, -0.15) is 0 Å². The van der Waals surface area contributed by atoms with Gasteiger partial charge in [0.2, 0.25) is 0 Å². The first kappa shape index (κ1) is 14.9. The highest BCUT2D eigenvalue weighted by molar-refractivity contribution is 5.00. The van der Waals surface area contributed by atoms with Crippen molar-refractivity contribution in [2.24, 2.45) is 5.92 Å². The fourth-order valence-electron chi connectivity index (χ4n) is 2.83. The summed E-state index contributed by atoms with van der Waals surface area (Å²) in [6, 6.07) is 0.721. The van der Waals surface area contributed by atoms with Gasteiger partial charge in [0.25, 0.3) is 0 Å². The van der Waals surface area contributed by atoms with E-state index in [0.29, 0.717) is 18.0 Å². The largest absolute Gasteiger partial charge is 0.396 e. The average molecular weight is 243 g/mol. The molecule has 1 aliphatic rings. The van der Waals surface area contributed by atoms with E-state index in [9.17, 15) is 0 Å². The molecule has 1 heterocycles. The summed E-state index contributed by atoms with van der Waals surface area (Å²) in [6.45, 7) is 13.2. The van der Waals surface area contributed by atoms with E-state index in [1.54, 1.807) is 0 Å². The molecule has 2 unspecified atom stereocenters. The van der Waals surface area contributed by atoms with Gasteiger partial charge in [0, 0.05) is 18.7 Å². The third kappa shape index (κ3) is 3.94. The van der Waals surface area contributed by atoms with Crippen LogP contribution in [0, 0.1) is 5.92 Å². The number of nitrogens with one attached hydrogen (secondary N) is 1. The van der Waals surface area contributed by atoms with E-state index >= 15 is 0 Å². The maximum atomic E-state index is 9.12. The molecule has 0 spiro atoms. The molecular formula is C14H29NO2. The molecule has 0 radical (unpaired) electrons. The van der Waals surface area contributed by atoms with E-state index in [4.69, 9.17) is 9.84 Å². The number of aliphatic hydroxyl groups is 1. The summed E-state index contributed by atoms with van der Waals surface area (Å²) in [5.74, 6) is 0.529. The first-order chi connectivity index (χ1) is 7.68. The Bertz CT molecular complexity index is 249. The topological polar surface area (TPSA) is 41.5 Å². The van der Waals surface area contributed by atoms with Gasteiger partial charge in [-0.05, 0) is 46.5 Å². The van der Waals surface area contributed by atoms with Gasteiger partial charge < -0.3 is 15.2 Å². The fraction of sp³-hybridized carbons (Fsp3) is 1.00. The Hall–Kier alpha value is -0.120. The Kier molecular flexibility index (Phi) is 4.61. The summed E-state index contributed by atoms with van der Waals surface area (Å²) in [5.41, 5.74) is -0.187. The van der Waals surface area contributed by atoms with Crippen LogP contribution < -0.4 is 5.32 Å². The lowest BCUT2D eigenvalue weighted by molar-refractivity contribution is -0.0709. The molecule has 1 rings (SSSR count). The van der Waals surface area contributed by atoms with Crippen molar-refractivity contribution in [2.45, 2.75) is 77.7 Å². The minimum atomic E-state index is -0.133. The van der Waals surface area contributed by atoms with Crippen LogP contribution in [0.2, 0.25) is 0 Å². The third-order valence-electron chi connectivity index (χ3n) is 3.73. The average Bonchev–Trinajstić information content (AvgIpc) is 2.33. The molecule has 2 N–H and O–H groups in total. The molecule has 0 aromatic rings. The molecule has 0 bridgehead atoms. The lowest BCUT2D eigenvalue weighted by atomic mass is 9.91. The highest BCUT2D eigenvalue weighted by Crippen LogP contribution is 2.37. The van der Waals surface area contributed by atoms with Crippen LogP contribution in [0.15, 0.2) is 0 Å². The maximum Gasteiger partial charge on any atom is 0.0787 e. The predicted octanol–water partition coefficient (Wildman–Crippen LogP) is 2.33. The maximum absolute atomic E-state index is 9.12. The first-order valence-electron chi connectivity index (χ1n) is 6.75. The van der Waals surface area contributed by atoms with Crippen LogP contribution in [0.25, 0.3) is 0 Å². The zero-order valence-corrected chi connectivity index (χ0v) is 12.2. The number of hydrogen-bond donors (Lipinski definition) is 2. The van der Waals surface area contributed by atoms with Gasteiger partial charge in [-0.15, -0.1) is 0 Å². The zero-order valence-electron chi connectivity index (χ0n) is 12.2. The monoisotopic (exact) mass is 243 g/mol. The van der Waals surface area contributed by atoms with Gasteiger partial charge >= 0.3 is 0 Å². The number of aliphatic hydroxyl groups excluding tert-OH is 1. The first-order valence-corrected chi connectivity index (χ1v) is 6.75. The Balaban J connectivity index is 2.66. The van der Waals surface area contributed by atoms with Crippen molar-refractivity contribution in [1.29, 1.82) is 0 Å². The van der Waals surface area contributed by atoms with Crippen LogP contribution in [-0.2, 0) is 4.74 Å². The van der Waals surface area contributed by atoms with Crippen LogP contribution in [0.5, 0.6) is 0 Å². The zero-order chi connectivity index (χ0) is 13.3. The predicted molar refractivity (Wildman–Crippen MR) is 71.1 cm³/mol. The molecule has 17 heavy (non-hydrogen) atoms. The minimum Gasteiger partial charge on any atom is -0.396 e. The molecule has 0 aromatic heterocycles. The summed E-state index contributed by atoms with van der Waals surface area (Å²) in [5, 5.41) is 12.8. The summed E-state index contributed by atoms with van der Waals surface area (Å²) < 4.78 is 6.08. The fourth-order valence-corrected chi connectivity index (χ4v) is 2.83. The van der Waals surface area contributed by atoms with E-state index in [2.05, 4.69) is 46.9 Å². The van der Waals surface area contributed by atoms with Gasteiger partial charge in [0.1, 0.15) is 0 Å². The van der Waals surface area contributed by atoms with Gasteiger partial charge in [-0.1, -0.05) is 13.8 Å². The Morgan fingerprint density at radius 2 is 1.88 bits per heavy atom. The molecule has 3 heteroatoms. The highest BCUT2D eigenvalue weighted by Gasteiger charge is 2.46. The van der Waals surface area contributed by atoms with E-state index in [0.717, 1.165) is 12.8 Å². The lowest BCUT2D eigenvalue weighted by Gasteiger charge is -2.32. The van der Waals surface area contributed by atoms with E-state index in [-0.39, 0.29) is 17.8 Å². The van der Waals surface area contributed by atoms with E-state index < -0.39 is 0 Å². The Morgan fingerprint density at radius 3 is 2.24 bits per heavy atom. The van der Waals surface area contributed by atoms with Crippen molar-refractivity contribution in [3.8, 4) is 0 Å². The summed E-state index contributed by atoms with van der Waals surface area (Å²) in [6.07, 6.45) is 1.83. The van der Waals surface area contributed by atoms with Crippen LogP contribution in [-0.4, -0.2) is 35.0 Å². The molecule has 0 aliphatic carbocycles. The summed E-state index contributed by atoms with van der Waals surface area (Å²) in [7, 11) is 0. The Morgan fingerprint density at radius 1 is 1.29 bits per heavy atom. The lowest BCUT2D eigenvalue weighted by Crippen LogP contribution is -2.50.